The van der Waals surface area contributed by atoms with Gasteiger partial charge in [0.05, 0.1) is 5.69 Å². The molecule has 0 saturated carbocycles. The van der Waals surface area contributed by atoms with Crippen LogP contribution in [0.5, 0.6) is 0 Å². The number of rotatable bonds is 1. The van der Waals surface area contributed by atoms with Crippen LogP contribution in [0.3, 0.4) is 0 Å². The highest BCUT2D eigenvalue weighted by atomic mass is 16.4. The summed E-state index contributed by atoms with van der Waals surface area (Å²) in [6, 6.07) is 0. The van der Waals surface area contributed by atoms with E-state index in [9.17, 15) is 4.79 Å². The number of hydrogen-bond donors (Lipinski definition) is 1. The van der Waals surface area contributed by atoms with Crippen LogP contribution in [0, 0.1) is 11.8 Å². The van der Waals surface area contributed by atoms with Gasteiger partial charge in [-0.1, -0.05) is 13.8 Å². The van der Waals surface area contributed by atoms with Gasteiger partial charge in [0.25, 0.3) is 5.89 Å². The van der Waals surface area contributed by atoms with Crippen molar-refractivity contribution in [3.63, 3.8) is 0 Å². The molecule has 104 valence electrons. The van der Waals surface area contributed by atoms with Gasteiger partial charge in [-0.3, -0.25) is 4.79 Å². The lowest BCUT2D eigenvalue weighted by atomic mass is 9.92. The van der Waals surface area contributed by atoms with Crippen LogP contribution in [-0.2, 0) is 13.0 Å². The van der Waals surface area contributed by atoms with Gasteiger partial charge < -0.3 is 14.6 Å². The number of carbonyl (C=O) groups is 1. The fourth-order valence-corrected chi connectivity index (χ4v) is 3.18. The average Bonchev–Trinajstić information content (AvgIpc) is 2.80. The van der Waals surface area contributed by atoms with E-state index in [2.05, 4.69) is 24.1 Å². The zero-order valence-corrected chi connectivity index (χ0v) is 11.6. The molecule has 1 amide bonds. The number of fused-ring (bicyclic) bond motifs is 1. The molecule has 3 rings (SSSR count). The Kier molecular flexibility index (Phi) is 3.31. The van der Waals surface area contributed by atoms with E-state index >= 15 is 0 Å². The number of nitrogens with one attached hydrogen (secondary N) is 1. The van der Waals surface area contributed by atoms with Gasteiger partial charge in [0.2, 0.25) is 0 Å². The number of piperidine rings is 1. The first-order chi connectivity index (χ1) is 9.13. The molecule has 1 saturated heterocycles. The number of hydrogen-bond acceptors (Lipinski definition) is 4. The Morgan fingerprint density at radius 3 is 2.79 bits per heavy atom. The van der Waals surface area contributed by atoms with E-state index in [1.807, 2.05) is 4.90 Å². The second-order valence-corrected chi connectivity index (χ2v) is 5.97. The molecule has 2 aliphatic heterocycles. The van der Waals surface area contributed by atoms with Crippen molar-refractivity contribution in [2.75, 3.05) is 19.6 Å². The highest BCUT2D eigenvalue weighted by Gasteiger charge is 2.30. The molecule has 1 aromatic rings. The quantitative estimate of drug-likeness (QED) is 0.833. The minimum Gasteiger partial charge on any atom is -0.437 e. The molecule has 0 aliphatic carbocycles. The molecule has 0 spiro atoms. The van der Waals surface area contributed by atoms with Gasteiger partial charge in [0.1, 0.15) is 5.76 Å². The van der Waals surface area contributed by atoms with E-state index in [-0.39, 0.29) is 11.8 Å². The summed E-state index contributed by atoms with van der Waals surface area (Å²) in [6.07, 6.45) is 2.01. The van der Waals surface area contributed by atoms with Crippen LogP contribution in [-0.4, -0.2) is 35.4 Å². The van der Waals surface area contributed by atoms with E-state index in [1.54, 1.807) is 0 Å². The summed E-state index contributed by atoms with van der Waals surface area (Å²) in [5.74, 6) is 2.21. The zero-order chi connectivity index (χ0) is 13.4. The van der Waals surface area contributed by atoms with Crippen LogP contribution in [0.25, 0.3) is 0 Å². The van der Waals surface area contributed by atoms with Gasteiger partial charge in [-0.25, -0.2) is 4.98 Å². The smallest absolute Gasteiger partial charge is 0.309 e. The summed E-state index contributed by atoms with van der Waals surface area (Å²) in [6.45, 7) is 7.62. The minimum absolute atomic E-state index is 0.0483. The summed E-state index contributed by atoms with van der Waals surface area (Å²) in [5, 5.41) is 3.24. The van der Waals surface area contributed by atoms with Crippen molar-refractivity contribution in [2.24, 2.45) is 11.8 Å². The number of likely N-dealkylation sites (tertiary alicyclic amines) is 1. The third-order valence-corrected chi connectivity index (χ3v) is 3.94. The second kappa shape index (κ2) is 4.96. The monoisotopic (exact) mass is 263 g/mol. The molecule has 2 aliphatic rings. The number of nitrogens with zero attached hydrogens (tertiary/aromatic N) is 2. The number of oxazole rings is 1. The largest absolute Gasteiger partial charge is 0.437 e. The molecule has 1 N–H and O–H groups in total. The SMILES string of the molecule is CC1CC(C)CN(C(=O)c2nc3c(o2)CCNC3)C1. The van der Waals surface area contributed by atoms with Crippen LogP contribution in [0.15, 0.2) is 4.42 Å². The summed E-state index contributed by atoms with van der Waals surface area (Å²) in [7, 11) is 0. The lowest BCUT2D eigenvalue weighted by molar-refractivity contribution is 0.0581. The van der Waals surface area contributed by atoms with Crippen molar-refractivity contribution >= 4 is 5.91 Å². The molecule has 0 bridgehead atoms. The maximum absolute atomic E-state index is 12.5. The number of amides is 1. The van der Waals surface area contributed by atoms with Gasteiger partial charge in [-0.05, 0) is 18.3 Å². The zero-order valence-electron chi connectivity index (χ0n) is 11.6. The molecule has 5 heteroatoms. The van der Waals surface area contributed by atoms with Crippen LogP contribution in [0.4, 0.5) is 0 Å². The topological polar surface area (TPSA) is 58.4 Å². The van der Waals surface area contributed by atoms with Crippen molar-refractivity contribution in [3.05, 3.63) is 17.3 Å². The minimum atomic E-state index is -0.0483. The summed E-state index contributed by atoms with van der Waals surface area (Å²) >= 11 is 0. The summed E-state index contributed by atoms with van der Waals surface area (Å²) in [4.78, 5) is 18.7. The molecule has 0 aromatic carbocycles. The second-order valence-electron chi connectivity index (χ2n) is 5.97. The van der Waals surface area contributed by atoms with Crippen molar-refractivity contribution < 1.29 is 9.21 Å². The first kappa shape index (κ1) is 12.7. The predicted octanol–water partition coefficient (Wildman–Crippen LogP) is 1.44. The van der Waals surface area contributed by atoms with E-state index in [0.717, 1.165) is 37.5 Å². The van der Waals surface area contributed by atoms with E-state index < -0.39 is 0 Å². The van der Waals surface area contributed by atoms with Crippen molar-refractivity contribution in [1.29, 1.82) is 0 Å². The normalized spacial score (nSPS) is 27.2. The van der Waals surface area contributed by atoms with E-state index in [0.29, 0.717) is 18.4 Å². The summed E-state index contributed by atoms with van der Waals surface area (Å²) < 4.78 is 5.65. The average molecular weight is 263 g/mol. The number of aromatic nitrogens is 1. The van der Waals surface area contributed by atoms with Crippen molar-refractivity contribution in [3.8, 4) is 0 Å². The Hall–Kier alpha value is -1.36. The highest BCUT2D eigenvalue weighted by molar-refractivity contribution is 5.89. The number of carbonyl (C=O) groups excluding carboxylic acids is 1. The fraction of sp³-hybridized carbons (Fsp3) is 0.714. The van der Waals surface area contributed by atoms with Crippen LogP contribution < -0.4 is 5.32 Å². The van der Waals surface area contributed by atoms with Crippen molar-refractivity contribution in [2.45, 2.75) is 33.2 Å². The lowest BCUT2D eigenvalue weighted by Crippen LogP contribution is -2.42. The molecule has 2 unspecified atom stereocenters. The lowest BCUT2D eigenvalue weighted by Gasteiger charge is -2.34. The van der Waals surface area contributed by atoms with Crippen LogP contribution in [0.2, 0.25) is 0 Å². The third-order valence-electron chi connectivity index (χ3n) is 3.94. The van der Waals surface area contributed by atoms with Gasteiger partial charge in [0, 0.05) is 32.6 Å². The molecule has 1 fully saturated rings. The Balaban J connectivity index is 1.77. The molecule has 1 aromatic heterocycles. The van der Waals surface area contributed by atoms with Crippen LogP contribution >= 0.6 is 0 Å². The Morgan fingerprint density at radius 1 is 1.37 bits per heavy atom. The van der Waals surface area contributed by atoms with Crippen molar-refractivity contribution in [1.82, 2.24) is 15.2 Å². The molecule has 2 atom stereocenters. The standard InChI is InChI=1S/C14H21N3O2/c1-9-5-10(2)8-17(7-9)14(18)13-16-11-6-15-4-3-12(11)19-13/h9-10,15H,3-8H2,1-2H3. The first-order valence-electron chi connectivity index (χ1n) is 7.12. The van der Waals surface area contributed by atoms with E-state index in [4.69, 9.17) is 4.42 Å². The van der Waals surface area contributed by atoms with Gasteiger partial charge in [-0.2, -0.15) is 0 Å². The molecule has 3 heterocycles. The molecular weight excluding hydrogens is 242 g/mol. The van der Waals surface area contributed by atoms with Gasteiger partial charge in [0.15, 0.2) is 0 Å². The fourth-order valence-electron chi connectivity index (χ4n) is 3.18. The maximum Gasteiger partial charge on any atom is 0.309 e. The summed E-state index contributed by atoms with van der Waals surface area (Å²) in [5.41, 5.74) is 0.896. The Labute approximate surface area is 113 Å². The molecular formula is C14H21N3O2. The Bertz CT molecular complexity index is 450. The molecule has 5 nitrogen and oxygen atoms in total. The molecule has 0 radical (unpaired) electrons. The third kappa shape index (κ3) is 2.52. The highest BCUT2D eigenvalue weighted by Crippen LogP contribution is 2.23. The van der Waals surface area contributed by atoms with Crippen LogP contribution in [0.1, 0.15) is 42.4 Å². The molecule has 19 heavy (non-hydrogen) atoms. The maximum atomic E-state index is 12.5. The predicted molar refractivity (Wildman–Crippen MR) is 70.8 cm³/mol. The van der Waals surface area contributed by atoms with Gasteiger partial charge >= 0.3 is 5.91 Å². The van der Waals surface area contributed by atoms with E-state index in [1.165, 1.54) is 6.42 Å². The Morgan fingerprint density at radius 2 is 2.11 bits per heavy atom. The first-order valence-corrected chi connectivity index (χ1v) is 7.12. The van der Waals surface area contributed by atoms with Gasteiger partial charge in [-0.15, -0.1) is 0 Å².